The van der Waals surface area contributed by atoms with Crippen LogP contribution in [0.3, 0.4) is 0 Å². The molecule has 0 saturated heterocycles. The van der Waals surface area contributed by atoms with E-state index in [-0.39, 0.29) is 0 Å². The third kappa shape index (κ3) is 3.28. The molecule has 20 heavy (non-hydrogen) atoms. The van der Waals surface area contributed by atoms with Crippen molar-refractivity contribution >= 4 is 0 Å². The molecular weight excluding hydrogens is 250 g/mol. The van der Waals surface area contributed by atoms with Gasteiger partial charge in [-0.25, -0.2) is 0 Å². The molecule has 0 aliphatic carbocycles. The Bertz CT molecular complexity index is 526. The van der Waals surface area contributed by atoms with Crippen LogP contribution in [0, 0.1) is 0 Å². The van der Waals surface area contributed by atoms with Crippen molar-refractivity contribution in [1.82, 2.24) is 24.9 Å². The molecule has 1 atom stereocenters. The second-order valence-electron chi connectivity index (χ2n) is 5.49. The Labute approximate surface area is 121 Å². The van der Waals surface area contributed by atoms with E-state index in [0.717, 1.165) is 19.5 Å². The maximum absolute atomic E-state index is 4.41. The summed E-state index contributed by atoms with van der Waals surface area (Å²) < 4.78 is 4.16. The third-order valence-electron chi connectivity index (χ3n) is 3.61. The zero-order chi connectivity index (χ0) is 14.5. The lowest BCUT2D eigenvalue weighted by Gasteiger charge is -2.15. The zero-order valence-corrected chi connectivity index (χ0v) is 12.9. The number of nitrogens with zero attached hydrogens (tertiary/aromatic N) is 4. The quantitative estimate of drug-likeness (QED) is 0.845. The highest BCUT2D eigenvalue weighted by atomic mass is 15.3. The van der Waals surface area contributed by atoms with Crippen LogP contribution in [0.1, 0.15) is 57.6 Å². The fraction of sp³-hybridized carbons (Fsp3) is 0.600. The number of rotatable bonds is 7. The van der Waals surface area contributed by atoms with Gasteiger partial charge in [0.05, 0.1) is 11.4 Å². The first-order valence-corrected chi connectivity index (χ1v) is 7.39. The van der Waals surface area contributed by atoms with Gasteiger partial charge < -0.3 is 5.32 Å². The van der Waals surface area contributed by atoms with E-state index in [0.29, 0.717) is 12.1 Å². The van der Waals surface area contributed by atoms with E-state index in [1.807, 2.05) is 12.4 Å². The Hall–Kier alpha value is -1.62. The summed E-state index contributed by atoms with van der Waals surface area (Å²) in [6.07, 6.45) is 4.83. The molecule has 2 aromatic heterocycles. The highest BCUT2D eigenvalue weighted by Gasteiger charge is 2.09. The van der Waals surface area contributed by atoms with Crippen LogP contribution in [0.5, 0.6) is 0 Å². The highest BCUT2D eigenvalue weighted by molar-refractivity contribution is 5.04. The van der Waals surface area contributed by atoms with Crippen molar-refractivity contribution in [2.75, 3.05) is 0 Å². The van der Waals surface area contributed by atoms with Crippen LogP contribution in [0.4, 0.5) is 0 Å². The van der Waals surface area contributed by atoms with E-state index in [9.17, 15) is 0 Å². The molecule has 0 fully saturated rings. The molecule has 0 unspecified atom stereocenters. The molecule has 0 bridgehead atoms. The molecule has 5 nitrogen and oxygen atoms in total. The Morgan fingerprint density at radius 2 is 1.55 bits per heavy atom. The van der Waals surface area contributed by atoms with Gasteiger partial charge in [-0.3, -0.25) is 9.36 Å². The molecule has 2 rings (SSSR count). The molecule has 0 aromatic carbocycles. The lowest BCUT2D eigenvalue weighted by molar-refractivity contribution is 0.447. The fourth-order valence-electron chi connectivity index (χ4n) is 2.32. The van der Waals surface area contributed by atoms with Crippen LogP contribution in [-0.2, 0) is 13.1 Å². The van der Waals surface area contributed by atoms with Gasteiger partial charge >= 0.3 is 0 Å². The largest absolute Gasteiger partial charge is 0.306 e. The zero-order valence-electron chi connectivity index (χ0n) is 12.9. The summed E-state index contributed by atoms with van der Waals surface area (Å²) >= 11 is 0. The van der Waals surface area contributed by atoms with Crippen molar-refractivity contribution in [1.29, 1.82) is 0 Å². The van der Waals surface area contributed by atoms with Gasteiger partial charge in [-0.05, 0) is 39.3 Å². The molecular formula is C15H25N5. The molecule has 110 valence electrons. The average molecular weight is 275 g/mol. The minimum absolute atomic E-state index is 0.396. The van der Waals surface area contributed by atoms with Crippen LogP contribution in [-0.4, -0.2) is 19.6 Å². The van der Waals surface area contributed by atoms with Crippen molar-refractivity contribution in [3.63, 3.8) is 0 Å². The lowest BCUT2D eigenvalue weighted by atomic mass is 10.2. The summed E-state index contributed by atoms with van der Waals surface area (Å²) in [5.41, 5.74) is 2.45. The molecule has 0 radical (unpaired) electrons. The van der Waals surface area contributed by atoms with Gasteiger partial charge in [-0.1, -0.05) is 6.92 Å². The first-order chi connectivity index (χ1) is 9.63. The predicted octanol–water partition coefficient (Wildman–Crippen LogP) is 2.92. The number of hydrogen-bond donors (Lipinski definition) is 1. The van der Waals surface area contributed by atoms with E-state index < -0.39 is 0 Å². The summed E-state index contributed by atoms with van der Waals surface area (Å²) in [5.74, 6) is 0. The summed E-state index contributed by atoms with van der Waals surface area (Å²) in [6, 6.07) is 4.99. The molecule has 2 heterocycles. The summed E-state index contributed by atoms with van der Waals surface area (Å²) in [4.78, 5) is 0. The normalized spacial score (nSPS) is 13.1. The molecule has 0 saturated carbocycles. The Balaban J connectivity index is 1.93. The molecule has 1 N–H and O–H groups in total. The van der Waals surface area contributed by atoms with Gasteiger partial charge in [-0.2, -0.15) is 10.2 Å². The standard InChI is InChI=1S/C15H25N5/c1-5-13(4)20-15(7-9-18-20)11-16-10-14-6-8-17-19(14)12(2)3/h6-9,12-13,16H,5,10-11H2,1-4H3/t13-/m0/s1. The summed E-state index contributed by atoms with van der Waals surface area (Å²) in [6.45, 7) is 10.3. The molecule has 2 aromatic rings. The second kappa shape index (κ2) is 6.70. The Morgan fingerprint density at radius 1 is 1.00 bits per heavy atom. The Morgan fingerprint density at radius 3 is 2.10 bits per heavy atom. The van der Waals surface area contributed by atoms with E-state index in [1.54, 1.807) is 0 Å². The van der Waals surface area contributed by atoms with Crippen molar-refractivity contribution in [2.45, 2.75) is 59.3 Å². The average Bonchev–Trinajstić information content (AvgIpc) is 3.06. The topological polar surface area (TPSA) is 47.7 Å². The van der Waals surface area contributed by atoms with Gasteiger partial charge in [-0.15, -0.1) is 0 Å². The van der Waals surface area contributed by atoms with Crippen LogP contribution < -0.4 is 5.32 Å². The SMILES string of the molecule is CC[C@H](C)n1nccc1CNCc1ccnn1C(C)C. The van der Waals surface area contributed by atoms with Gasteiger partial charge in [0, 0.05) is 37.6 Å². The first kappa shape index (κ1) is 14.8. The van der Waals surface area contributed by atoms with Gasteiger partial charge in [0.1, 0.15) is 0 Å². The lowest BCUT2D eigenvalue weighted by Crippen LogP contribution is -2.20. The van der Waals surface area contributed by atoms with E-state index in [1.165, 1.54) is 11.4 Å². The smallest absolute Gasteiger partial charge is 0.0525 e. The second-order valence-corrected chi connectivity index (χ2v) is 5.49. The predicted molar refractivity (Wildman–Crippen MR) is 80.4 cm³/mol. The van der Waals surface area contributed by atoms with Crippen LogP contribution >= 0.6 is 0 Å². The number of aromatic nitrogens is 4. The minimum Gasteiger partial charge on any atom is -0.306 e. The highest BCUT2D eigenvalue weighted by Crippen LogP contribution is 2.12. The fourth-order valence-corrected chi connectivity index (χ4v) is 2.32. The maximum atomic E-state index is 4.41. The molecule has 5 heteroatoms. The van der Waals surface area contributed by atoms with Crippen molar-refractivity contribution in [2.24, 2.45) is 0 Å². The minimum atomic E-state index is 0.396. The molecule has 0 aliphatic heterocycles. The third-order valence-corrected chi connectivity index (χ3v) is 3.61. The van der Waals surface area contributed by atoms with Gasteiger partial charge in [0.25, 0.3) is 0 Å². The van der Waals surface area contributed by atoms with Crippen molar-refractivity contribution < 1.29 is 0 Å². The maximum Gasteiger partial charge on any atom is 0.0525 e. The van der Waals surface area contributed by atoms with Gasteiger partial charge in [0.15, 0.2) is 0 Å². The monoisotopic (exact) mass is 275 g/mol. The summed E-state index contributed by atoms with van der Waals surface area (Å²) in [7, 11) is 0. The van der Waals surface area contributed by atoms with Crippen LogP contribution in [0.15, 0.2) is 24.5 Å². The van der Waals surface area contributed by atoms with Crippen LogP contribution in [0.25, 0.3) is 0 Å². The molecule has 0 amide bonds. The number of nitrogens with one attached hydrogen (secondary N) is 1. The van der Waals surface area contributed by atoms with Crippen molar-refractivity contribution in [3.8, 4) is 0 Å². The van der Waals surface area contributed by atoms with E-state index in [4.69, 9.17) is 0 Å². The van der Waals surface area contributed by atoms with Crippen molar-refractivity contribution in [3.05, 3.63) is 35.9 Å². The first-order valence-electron chi connectivity index (χ1n) is 7.39. The number of hydrogen-bond acceptors (Lipinski definition) is 3. The van der Waals surface area contributed by atoms with E-state index in [2.05, 4.69) is 64.7 Å². The van der Waals surface area contributed by atoms with E-state index >= 15 is 0 Å². The molecule has 0 spiro atoms. The Kier molecular flexibility index (Phi) is 4.95. The summed E-state index contributed by atoms with van der Waals surface area (Å²) in [5, 5.41) is 12.2. The molecule has 0 aliphatic rings. The van der Waals surface area contributed by atoms with Gasteiger partial charge in [0.2, 0.25) is 0 Å². The van der Waals surface area contributed by atoms with Crippen LogP contribution in [0.2, 0.25) is 0 Å².